The zero-order valence-corrected chi connectivity index (χ0v) is 10.5. The summed E-state index contributed by atoms with van der Waals surface area (Å²) in [7, 11) is 0. The van der Waals surface area contributed by atoms with Crippen molar-refractivity contribution in [3.05, 3.63) is 34.6 Å². The van der Waals surface area contributed by atoms with Crippen LogP contribution in [0.15, 0.2) is 18.3 Å². The third-order valence-electron chi connectivity index (χ3n) is 3.02. The van der Waals surface area contributed by atoms with Crippen molar-refractivity contribution in [1.29, 1.82) is 0 Å². The van der Waals surface area contributed by atoms with Crippen LogP contribution in [0.5, 0.6) is 0 Å². The topological polar surface area (TPSA) is 50.7 Å². The summed E-state index contributed by atoms with van der Waals surface area (Å²) in [4.78, 5) is 4.50. The van der Waals surface area contributed by atoms with E-state index in [9.17, 15) is 0 Å². The molecule has 17 heavy (non-hydrogen) atoms. The molecule has 0 saturated heterocycles. The van der Waals surface area contributed by atoms with Crippen molar-refractivity contribution in [2.24, 2.45) is 0 Å². The molecule has 2 aromatic heterocycles. The van der Waals surface area contributed by atoms with E-state index >= 15 is 0 Å². The minimum absolute atomic E-state index is 0.285. The van der Waals surface area contributed by atoms with Crippen LogP contribution in [0.25, 0.3) is 0 Å². The van der Waals surface area contributed by atoms with Crippen LogP contribution in [-0.2, 0) is 6.42 Å². The number of rotatable bonds is 2. The zero-order valence-electron chi connectivity index (χ0n) is 9.68. The van der Waals surface area contributed by atoms with Crippen LogP contribution in [0.1, 0.15) is 35.1 Å². The summed E-state index contributed by atoms with van der Waals surface area (Å²) in [5, 5.41) is 13.5. The summed E-state index contributed by atoms with van der Waals surface area (Å²) < 4.78 is 0. The highest BCUT2D eigenvalue weighted by Crippen LogP contribution is 2.31. The van der Waals surface area contributed by atoms with Gasteiger partial charge in [-0.15, -0.1) is 10.2 Å². The van der Waals surface area contributed by atoms with Gasteiger partial charge in [-0.2, -0.15) is 0 Å². The molecule has 1 aliphatic rings. The molecule has 0 fully saturated rings. The van der Waals surface area contributed by atoms with Gasteiger partial charge in [0.1, 0.15) is 5.01 Å². The Bertz CT molecular complexity index is 523. The number of hydrogen-bond acceptors (Lipinski definition) is 5. The molecule has 1 N–H and O–H groups in total. The second-order valence-corrected chi connectivity index (χ2v) is 5.44. The molecule has 5 heteroatoms. The van der Waals surface area contributed by atoms with Crippen molar-refractivity contribution in [1.82, 2.24) is 15.2 Å². The van der Waals surface area contributed by atoms with Crippen LogP contribution in [0.2, 0.25) is 0 Å². The van der Waals surface area contributed by atoms with Crippen molar-refractivity contribution in [3.63, 3.8) is 0 Å². The Kier molecular flexibility index (Phi) is 2.76. The largest absolute Gasteiger partial charge is 0.352 e. The van der Waals surface area contributed by atoms with Crippen LogP contribution in [0, 0.1) is 6.92 Å². The first-order chi connectivity index (χ1) is 8.33. The fraction of sp³-hybridized carbons (Fsp3) is 0.417. The molecule has 1 atom stereocenters. The summed E-state index contributed by atoms with van der Waals surface area (Å²) in [5.41, 5.74) is 2.53. The van der Waals surface area contributed by atoms with E-state index in [0.29, 0.717) is 0 Å². The molecule has 0 spiro atoms. The molecule has 0 aromatic carbocycles. The van der Waals surface area contributed by atoms with Crippen molar-refractivity contribution in [2.75, 3.05) is 5.32 Å². The maximum atomic E-state index is 4.50. The van der Waals surface area contributed by atoms with Gasteiger partial charge in [-0.05, 0) is 37.8 Å². The zero-order chi connectivity index (χ0) is 11.7. The maximum absolute atomic E-state index is 4.50. The van der Waals surface area contributed by atoms with Gasteiger partial charge in [0.2, 0.25) is 5.13 Å². The molecule has 1 aliphatic carbocycles. The number of pyridine rings is 1. The molecule has 0 radical (unpaired) electrons. The third-order valence-corrected chi connectivity index (χ3v) is 3.79. The van der Waals surface area contributed by atoms with Crippen LogP contribution in [0.4, 0.5) is 5.13 Å². The fourth-order valence-electron chi connectivity index (χ4n) is 2.25. The Morgan fingerprint density at radius 2 is 2.35 bits per heavy atom. The highest BCUT2D eigenvalue weighted by Gasteiger charge is 2.21. The lowest BCUT2D eigenvalue weighted by Crippen LogP contribution is -2.18. The van der Waals surface area contributed by atoms with Crippen LogP contribution in [0.3, 0.4) is 0 Å². The molecule has 0 bridgehead atoms. The number of fused-ring (bicyclic) bond motifs is 1. The first-order valence-corrected chi connectivity index (χ1v) is 6.65. The van der Waals surface area contributed by atoms with E-state index < -0.39 is 0 Å². The van der Waals surface area contributed by atoms with Crippen molar-refractivity contribution >= 4 is 16.5 Å². The van der Waals surface area contributed by atoms with Gasteiger partial charge >= 0.3 is 0 Å². The van der Waals surface area contributed by atoms with Gasteiger partial charge in [-0.3, -0.25) is 4.98 Å². The first kappa shape index (κ1) is 10.7. The number of nitrogens with one attached hydrogen (secondary N) is 1. The SMILES string of the molecule is Cc1nnc(NC2CCCc3cccnc32)s1. The van der Waals surface area contributed by atoms with Gasteiger partial charge in [0.05, 0.1) is 11.7 Å². The molecule has 2 heterocycles. The molecule has 0 amide bonds. The van der Waals surface area contributed by atoms with E-state index in [-0.39, 0.29) is 6.04 Å². The van der Waals surface area contributed by atoms with Crippen molar-refractivity contribution in [2.45, 2.75) is 32.2 Å². The molecule has 0 saturated carbocycles. The van der Waals surface area contributed by atoms with Gasteiger partial charge in [-0.1, -0.05) is 17.4 Å². The molecule has 0 aliphatic heterocycles. The van der Waals surface area contributed by atoms with Crippen LogP contribution >= 0.6 is 11.3 Å². The molecular weight excluding hydrogens is 232 g/mol. The Hall–Kier alpha value is -1.49. The maximum Gasteiger partial charge on any atom is 0.206 e. The van der Waals surface area contributed by atoms with E-state index in [2.05, 4.69) is 26.6 Å². The van der Waals surface area contributed by atoms with Gasteiger partial charge < -0.3 is 5.32 Å². The Labute approximate surface area is 104 Å². The third kappa shape index (κ3) is 2.15. The highest BCUT2D eigenvalue weighted by atomic mass is 32.1. The summed E-state index contributed by atoms with van der Waals surface area (Å²) in [6.45, 7) is 1.97. The summed E-state index contributed by atoms with van der Waals surface area (Å²) in [5.74, 6) is 0. The quantitative estimate of drug-likeness (QED) is 0.885. The number of hydrogen-bond donors (Lipinski definition) is 1. The molecule has 1 unspecified atom stereocenters. The molecule has 3 rings (SSSR count). The first-order valence-electron chi connectivity index (χ1n) is 5.83. The van der Waals surface area contributed by atoms with Crippen LogP contribution in [-0.4, -0.2) is 15.2 Å². The van der Waals surface area contributed by atoms with E-state index in [1.807, 2.05) is 19.2 Å². The van der Waals surface area contributed by atoms with Gasteiger partial charge in [0.15, 0.2) is 0 Å². The summed E-state index contributed by atoms with van der Waals surface area (Å²) >= 11 is 1.59. The smallest absolute Gasteiger partial charge is 0.206 e. The second kappa shape index (κ2) is 4.41. The second-order valence-electron chi connectivity index (χ2n) is 4.26. The van der Waals surface area contributed by atoms with E-state index in [4.69, 9.17) is 0 Å². The van der Waals surface area contributed by atoms with Gasteiger partial charge in [-0.25, -0.2) is 0 Å². The van der Waals surface area contributed by atoms with Crippen molar-refractivity contribution in [3.8, 4) is 0 Å². The lowest BCUT2D eigenvalue weighted by Gasteiger charge is -2.24. The normalized spacial score (nSPS) is 18.8. The average Bonchev–Trinajstić information content (AvgIpc) is 2.75. The van der Waals surface area contributed by atoms with E-state index in [0.717, 1.165) is 23.0 Å². The molecule has 88 valence electrons. The van der Waals surface area contributed by atoms with E-state index in [1.54, 1.807) is 11.3 Å². The fourth-order valence-corrected chi connectivity index (χ4v) is 2.90. The Morgan fingerprint density at radius 3 is 3.18 bits per heavy atom. The Balaban J connectivity index is 1.85. The number of aromatic nitrogens is 3. The average molecular weight is 246 g/mol. The van der Waals surface area contributed by atoms with Crippen molar-refractivity contribution < 1.29 is 0 Å². The standard InChI is InChI=1S/C12H14N4S/c1-8-15-16-12(17-8)14-10-6-2-4-9-5-3-7-13-11(9)10/h3,5,7,10H,2,4,6H2,1H3,(H,14,16). The lowest BCUT2D eigenvalue weighted by atomic mass is 9.92. The Morgan fingerprint density at radius 1 is 1.41 bits per heavy atom. The predicted octanol–water partition coefficient (Wildman–Crippen LogP) is 2.73. The molecular formula is C12H14N4S. The van der Waals surface area contributed by atoms with Crippen LogP contribution < -0.4 is 5.32 Å². The predicted molar refractivity (Wildman–Crippen MR) is 68.2 cm³/mol. The highest BCUT2D eigenvalue weighted by molar-refractivity contribution is 7.15. The number of nitrogens with zero attached hydrogens (tertiary/aromatic N) is 3. The minimum Gasteiger partial charge on any atom is -0.352 e. The monoisotopic (exact) mass is 246 g/mol. The number of aryl methyl sites for hydroxylation is 2. The van der Waals surface area contributed by atoms with Gasteiger partial charge in [0, 0.05) is 6.20 Å². The summed E-state index contributed by atoms with van der Waals surface area (Å²) in [6.07, 6.45) is 5.32. The molecule has 4 nitrogen and oxygen atoms in total. The minimum atomic E-state index is 0.285. The molecule has 2 aromatic rings. The van der Waals surface area contributed by atoms with E-state index in [1.165, 1.54) is 17.7 Å². The lowest BCUT2D eigenvalue weighted by molar-refractivity contribution is 0.582. The van der Waals surface area contributed by atoms with Gasteiger partial charge in [0.25, 0.3) is 0 Å². The number of anilines is 1. The summed E-state index contributed by atoms with van der Waals surface area (Å²) in [6, 6.07) is 4.46.